The predicted molar refractivity (Wildman–Crippen MR) is 111 cm³/mol. The number of nitrogens with zero attached hydrogens (tertiary/aromatic N) is 2. The number of benzene rings is 1. The summed E-state index contributed by atoms with van der Waals surface area (Å²) in [5.74, 6) is 0.382. The molecular weight excluding hydrogens is 366 g/mol. The molecule has 4 fully saturated rings. The molecule has 0 bridgehead atoms. The molecule has 3 saturated heterocycles. The molecule has 0 aromatic heterocycles. The van der Waals surface area contributed by atoms with Gasteiger partial charge in [0.15, 0.2) is 0 Å². The van der Waals surface area contributed by atoms with E-state index in [1.165, 1.54) is 25.7 Å². The third-order valence-electron chi connectivity index (χ3n) is 7.16. The van der Waals surface area contributed by atoms with E-state index < -0.39 is 0 Å². The summed E-state index contributed by atoms with van der Waals surface area (Å²) < 4.78 is 5.84. The van der Waals surface area contributed by atoms with E-state index in [4.69, 9.17) is 4.74 Å². The second-order valence-electron chi connectivity index (χ2n) is 9.23. The number of carbonyl (C=O) groups excluding carboxylic acids is 2. The molecule has 1 aromatic rings. The Labute approximate surface area is 172 Å². The second-order valence-corrected chi connectivity index (χ2v) is 9.23. The zero-order valence-corrected chi connectivity index (χ0v) is 17.1. The standard InChI is InChI=1S/C23H31N3O3/c27-21(17-4-5-17)24-19-8-6-18(7-9-19)22(28)25-12-2-10-23(16-25)11-13-26(23)15-20-3-1-14-29-20/h6-9,17,20H,1-5,10-16H2,(H,24,27)/t20-,23-/m0/s1. The van der Waals surface area contributed by atoms with Crippen molar-refractivity contribution in [3.63, 3.8) is 0 Å². The first-order valence-electron chi connectivity index (χ1n) is 11.2. The first kappa shape index (κ1) is 19.1. The predicted octanol–water partition coefficient (Wildman–Crippen LogP) is 2.89. The Balaban J connectivity index is 1.21. The van der Waals surface area contributed by atoms with Gasteiger partial charge in [0.2, 0.25) is 5.91 Å². The van der Waals surface area contributed by atoms with Crippen LogP contribution in [0.25, 0.3) is 0 Å². The van der Waals surface area contributed by atoms with Crippen LogP contribution in [-0.4, -0.2) is 66.0 Å². The summed E-state index contributed by atoms with van der Waals surface area (Å²) in [6.45, 7) is 4.68. The van der Waals surface area contributed by atoms with Crippen LogP contribution in [0.5, 0.6) is 0 Å². The highest BCUT2D eigenvalue weighted by molar-refractivity contribution is 5.96. The van der Waals surface area contributed by atoms with Gasteiger partial charge in [-0.25, -0.2) is 0 Å². The van der Waals surface area contributed by atoms with Gasteiger partial charge >= 0.3 is 0 Å². The molecule has 1 aromatic carbocycles. The smallest absolute Gasteiger partial charge is 0.253 e. The Morgan fingerprint density at radius 1 is 1.07 bits per heavy atom. The maximum atomic E-state index is 13.1. The van der Waals surface area contributed by atoms with Crippen LogP contribution in [0.4, 0.5) is 5.69 Å². The topological polar surface area (TPSA) is 61.9 Å². The number of ether oxygens (including phenoxy) is 1. The Morgan fingerprint density at radius 2 is 1.90 bits per heavy atom. The molecule has 3 heterocycles. The van der Waals surface area contributed by atoms with E-state index in [2.05, 4.69) is 10.2 Å². The fourth-order valence-electron chi connectivity index (χ4n) is 5.12. The van der Waals surface area contributed by atoms with Crippen LogP contribution >= 0.6 is 0 Å². The van der Waals surface area contributed by atoms with Crippen LogP contribution in [0.15, 0.2) is 24.3 Å². The van der Waals surface area contributed by atoms with Crippen molar-refractivity contribution in [3.8, 4) is 0 Å². The number of piperidine rings is 1. The lowest BCUT2D eigenvalue weighted by Crippen LogP contribution is -2.68. The summed E-state index contributed by atoms with van der Waals surface area (Å²) in [4.78, 5) is 29.6. The van der Waals surface area contributed by atoms with Crippen LogP contribution in [0, 0.1) is 5.92 Å². The number of likely N-dealkylation sites (tertiary alicyclic amines) is 2. The monoisotopic (exact) mass is 397 g/mol. The third-order valence-corrected chi connectivity index (χ3v) is 7.16. The minimum absolute atomic E-state index is 0.0957. The van der Waals surface area contributed by atoms with Crippen LogP contribution in [0.3, 0.4) is 0 Å². The molecule has 1 aliphatic carbocycles. The summed E-state index contributed by atoms with van der Waals surface area (Å²) >= 11 is 0. The van der Waals surface area contributed by atoms with E-state index in [0.717, 1.165) is 57.7 Å². The number of anilines is 1. The van der Waals surface area contributed by atoms with Crippen LogP contribution in [-0.2, 0) is 9.53 Å². The molecule has 156 valence electrons. The summed E-state index contributed by atoms with van der Waals surface area (Å²) in [7, 11) is 0. The highest BCUT2D eigenvalue weighted by atomic mass is 16.5. The summed E-state index contributed by atoms with van der Waals surface area (Å²) in [6, 6.07) is 7.38. The Hall–Kier alpha value is -1.92. The molecule has 4 aliphatic rings. The van der Waals surface area contributed by atoms with E-state index >= 15 is 0 Å². The Morgan fingerprint density at radius 3 is 2.55 bits per heavy atom. The third kappa shape index (κ3) is 3.92. The number of hydrogen-bond acceptors (Lipinski definition) is 4. The van der Waals surface area contributed by atoms with Crippen molar-refractivity contribution in [1.82, 2.24) is 9.80 Å². The minimum Gasteiger partial charge on any atom is -0.377 e. The molecule has 1 saturated carbocycles. The average molecular weight is 398 g/mol. The average Bonchev–Trinajstić information content (AvgIpc) is 3.48. The molecule has 0 unspecified atom stereocenters. The van der Waals surface area contributed by atoms with Crippen molar-refractivity contribution in [2.75, 3.05) is 38.1 Å². The van der Waals surface area contributed by atoms with Gasteiger partial charge in [-0.1, -0.05) is 0 Å². The van der Waals surface area contributed by atoms with Gasteiger partial charge in [-0.3, -0.25) is 14.5 Å². The molecule has 3 aliphatic heterocycles. The van der Waals surface area contributed by atoms with E-state index in [9.17, 15) is 9.59 Å². The molecule has 2 atom stereocenters. The van der Waals surface area contributed by atoms with Gasteiger partial charge in [0.1, 0.15) is 0 Å². The molecule has 1 spiro atoms. The number of carbonyl (C=O) groups is 2. The Bertz CT molecular complexity index is 770. The summed E-state index contributed by atoms with van der Waals surface area (Å²) in [5, 5.41) is 2.94. The zero-order valence-electron chi connectivity index (χ0n) is 17.1. The first-order valence-corrected chi connectivity index (χ1v) is 11.2. The van der Waals surface area contributed by atoms with Gasteiger partial charge in [-0.05, 0) is 69.2 Å². The molecule has 0 radical (unpaired) electrons. The van der Waals surface area contributed by atoms with Crippen molar-refractivity contribution in [2.45, 2.75) is 56.6 Å². The van der Waals surface area contributed by atoms with Crippen molar-refractivity contribution in [2.24, 2.45) is 5.92 Å². The summed E-state index contributed by atoms with van der Waals surface area (Å²) in [6.07, 6.45) is 8.10. The SMILES string of the molecule is O=C(Nc1ccc(C(=O)N2CCC[C@]3(CCN3C[C@@H]3CCCO3)C2)cc1)C1CC1. The van der Waals surface area contributed by atoms with Gasteiger partial charge in [-0.15, -0.1) is 0 Å². The number of hydrogen-bond donors (Lipinski definition) is 1. The lowest BCUT2D eigenvalue weighted by molar-refractivity contribution is -0.117. The zero-order chi connectivity index (χ0) is 19.8. The second kappa shape index (κ2) is 7.73. The minimum atomic E-state index is 0.0957. The van der Waals surface area contributed by atoms with E-state index in [1.54, 1.807) is 0 Å². The van der Waals surface area contributed by atoms with Crippen molar-refractivity contribution in [1.29, 1.82) is 0 Å². The van der Waals surface area contributed by atoms with Gasteiger partial charge in [0.05, 0.1) is 6.10 Å². The van der Waals surface area contributed by atoms with Crippen LogP contribution < -0.4 is 5.32 Å². The van der Waals surface area contributed by atoms with E-state index in [-0.39, 0.29) is 23.3 Å². The molecule has 6 nitrogen and oxygen atoms in total. The van der Waals surface area contributed by atoms with Crippen molar-refractivity contribution in [3.05, 3.63) is 29.8 Å². The largest absolute Gasteiger partial charge is 0.377 e. The lowest BCUT2D eigenvalue weighted by Gasteiger charge is -2.57. The molecule has 1 N–H and O–H groups in total. The molecular formula is C23H31N3O3. The van der Waals surface area contributed by atoms with E-state index in [1.807, 2.05) is 29.2 Å². The number of amides is 2. The maximum absolute atomic E-state index is 13.1. The highest BCUT2D eigenvalue weighted by Crippen LogP contribution is 2.39. The fraction of sp³-hybridized carbons (Fsp3) is 0.652. The molecule has 6 heteroatoms. The normalized spacial score (nSPS) is 29.7. The van der Waals surface area contributed by atoms with E-state index in [0.29, 0.717) is 11.7 Å². The fourth-order valence-corrected chi connectivity index (χ4v) is 5.12. The maximum Gasteiger partial charge on any atom is 0.253 e. The first-order chi connectivity index (χ1) is 14.1. The van der Waals surface area contributed by atoms with Crippen LogP contribution in [0.1, 0.15) is 55.3 Å². The molecule has 2 amide bonds. The lowest BCUT2D eigenvalue weighted by atomic mass is 9.77. The van der Waals surface area contributed by atoms with Gasteiger partial charge < -0.3 is 15.0 Å². The number of rotatable bonds is 5. The van der Waals surface area contributed by atoms with Gasteiger partial charge in [-0.2, -0.15) is 0 Å². The molecule has 29 heavy (non-hydrogen) atoms. The van der Waals surface area contributed by atoms with Crippen molar-refractivity contribution >= 4 is 17.5 Å². The molecule has 5 rings (SSSR count). The summed E-state index contributed by atoms with van der Waals surface area (Å²) in [5.41, 5.74) is 1.63. The van der Waals surface area contributed by atoms with Crippen molar-refractivity contribution < 1.29 is 14.3 Å². The highest BCUT2D eigenvalue weighted by Gasteiger charge is 2.48. The quantitative estimate of drug-likeness (QED) is 0.830. The Kier molecular flexibility index (Phi) is 5.08. The number of nitrogens with one attached hydrogen (secondary N) is 1. The van der Waals surface area contributed by atoms with Gasteiger partial charge in [0.25, 0.3) is 5.91 Å². The van der Waals surface area contributed by atoms with Crippen LogP contribution in [0.2, 0.25) is 0 Å². The van der Waals surface area contributed by atoms with Gasteiger partial charge in [0, 0.05) is 55.5 Å².